The Labute approximate surface area is 104 Å². The number of benzene rings is 1. The molecule has 0 aliphatic heterocycles. The third kappa shape index (κ3) is 2.19. The first-order valence-electron chi connectivity index (χ1n) is 4.34. The molecule has 1 aromatic carbocycles. The minimum atomic E-state index is -0.348. The van der Waals surface area contributed by atoms with Crippen molar-refractivity contribution in [2.45, 2.75) is 10.1 Å². The van der Waals surface area contributed by atoms with Gasteiger partial charge in [-0.15, -0.1) is 10.2 Å². The van der Waals surface area contributed by atoms with Gasteiger partial charge in [0.05, 0.1) is 4.47 Å². The van der Waals surface area contributed by atoms with E-state index in [0.29, 0.717) is 20.2 Å². The molecule has 0 amide bonds. The van der Waals surface area contributed by atoms with E-state index in [1.807, 2.05) is 7.05 Å². The van der Waals surface area contributed by atoms with Gasteiger partial charge in [-0.2, -0.15) is 0 Å². The van der Waals surface area contributed by atoms with Crippen molar-refractivity contribution in [2.75, 3.05) is 5.73 Å². The van der Waals surface area contributed by atoms with Gasteiger partial charge in [0, 0.05) is 17.6 Å². The predicted octanol–water partition coefficient (Wildman–Crippen LogP) is 2.45. The van der Waals surface area contributed by atoms with E-state index < -0.39 is 0 Å². The van der Waals surface area contributed by atoms with Gasteiger partial charge >= 0.3 is 0 Å². The molecule has 4 nitrogen and oxygen atoms in total. The quantitative estimate of drug-likeness (QED) is 0.866. The number of rotatable bonds is 2. The van der Waals surface area contributed by atoms with Gasteiger partial charge in [0.25, 0.3) is 0 Å². The molecule has 0 saturated heterocycles. The maximum atomic E-state index is 13.3. The van der Waals surface area contributed by atoms with Crippen LogP contribution in [-0.2, 0) is 7.05 Å². The van der Waals surface area contributed by atoms with Crippen molar-refractivity contribution in [3.8, 4) is 0 Å². The zero-order valence-corrected chi connectivity index (χ0v) is 10.7. The number of aryl methyl sites for hydroxylation is 1. The molecule has 2 rings (SSSR count). The molecule has 0 bridgehead atoms. The van der Waals surface area contributed by atoms with Gasteiger partial charge in [0.15, 0.2) is 5.16 Å². The second-order valence-corrected chi connectivity index (χ2v) is 4.99. The third-order valence-corrected chi connectivity index (χ3v) is 3.66. The summed E-state index contributed by atoms with van der Waals surface area (Å²) in [5.74, 6) is -0.348. The Hall–Kier alpha value is -1.08. The van der Waals surface area contributed by atoms with Crippen molar-refractivity contribution in [3.63, 3.8) is 0 Å². The molecule has 2 aromatic rings. The maximum absolute atomic E-state index is 13.3. The largest absolute Gasteiger partial charge is 0.398 e. The molecule has 0 aliphatic carbocycles. The number of hydrogen-bond donors (Lipinski definition) is 1. The Morgan fingerprint density at radius 3 is 2.88 bits per heavy atom. The molecule has 0 saturated carbocycles. The van der Waals surface area contributed by atoms with Gasteiger partial charge in [0.2, 0.25) is 0 Å². The summed E-state index contributed by atoms with van der Waals surface area (Å²) in [5, 5.41) is 8.29. The SMILES string of the molecule is Cn1cnnc1Sc1cc(F)c(Br)cc1N. The second-order valence-electron chi connectivity index (χ2n) is 3.13. The summed E-state index contributed by atoms with van der Waals surface area (Å²) in [6.45, 7) is 0. The van der Waals surface area contributed by atoms with Gasteiger partial charge in [-0.1, -0.05) is 0 Å². The molecule has 0 atom stereocenters. The van der Waals surface area contributed by atoms with Crippen LogP contribution >= 0.6 is 27.7 Å². The van der Waals surface area contributed by atoms with Crippen LogP contribution in [0.5, 0.6) is 0 Å². The average molecular weight is 303 g/mol. The van der Waals surface area contributed by atoms with E-state index in [1.54, 1.807) is 10.9 Å². The molecule has 0 unspecified atom stereocenters. The van der Waals surface area contributed by atoms with Crippen molar-refractivity contribution in [3.05, 3.63) is 28.7 Å². The molecule has 0 fully saturated rings. The fourth-order valence-electron chi connectivity index (χ4n) is 1.10. The van der Waals surface area contributed by atoms with E-state index in [-0.39, 0.29) is 5.82 Å². The lowest BCUT2D eigenvalue weighted by Gasteiger charge is -2.05. The Morgan fingerprint density at radius 2 is 2.25 bits per heavy atom. The summed E-state index contributed by atoms with van der Waals surface area (Å²) in [7, 11) is 1.81. The van der Waals surface area contributed by atoms with E-state index >= 15 is 0 Å². The van der Waals surface area contributed by atoms with Crippen LogP contribution in [0.25, 0.3) is 0 Å². The number of anilines is 1. The first kappa shape index (κ1) is 11.4. The molecule has 7 heteroatoms. The first-order valence-corrected chi connectivity index (χ1v) is 5.95. The van der Waals surface area contributed by atoms with Crippen LogP contribution in [-0.4, -0.2) is 14.8 Å². The molecular weight excluding hydrogens is 295 g/mol. The number of aromatic nitrogens is 3. The van der Waals surface area contributed by atoms with Crippen molar-refractivity contribution in [1.29, 1.82) is 0 Å². The summed E-state index contributed by atoms with van der Waals surface area (Å²) in [5.41, 5.74) is 6.28. The van der Waals surface area contributed by atoms with Crippen LogP contribution in [0.2, 0.25) is 0 Å². The van der Waals surface area contributed by atoms with Crippen molar-refractivity contribution in [1.82, 2.24) is 14.8 Å². The first-order chi connectivity index (χ1) is 7.58. The van der Waals surface area contributed by atoms with Crippen LogP contribution in [0.4, 0.5) is 10.1 Å². The number of halogens is 2. The Morgan fingerprint density at radius 1 is 1.50 bits per heavy atom. The molecule has 0 radical (unpaired) electrons. The number of nitrogens with zero attached hydrogens (tertiary/aromatic N) is 3. The van der Waals surface area contributed by atoms with E-state index in [1.165, 1.54) is 23.9 Å². The van der Waals surface area contributed by atoms with Crippen LogP contribution < -0.4 is 5.73 Å². The van der Waals surface area contributed by atoms with Gasteiger partial charge in [-0.3, -0.25) is 0 Å². The zero-order chi connectivity index (χ0) is 11.7. The summed E-state index contributed by atoms with van der Waals surface area (Å²) >= 11 is 4.35. The van der Waals surface area contributed by atoms with E-state index in [2.05, 4.69) is 26.1 Å². The number of nitrogen functional groups attached to an aromatic ring is 1. The Bertz CT molecular complexity index is 528. The summed E-state index contributed by atoms with van der Waals surface area (Å²) in [6.07, 6.45) is 1.58. The van der Waals surface area contributed by atoms with E-state index in [9.17, 15) is 4.39 Å². The smallest absolute Gasteiger partial charge is 0.195 e. The molecule has 1 aromatic heterocycles. The second kappa shape index (κ2) is 4.42. The Kier molecular flexibility index (Phi) is 3.15. The van der Waals surface area contributed by atoms with E-state index in [0.717, 1.165) is 0 Å². The van der Waals surface area contributed by atoms with Crippen molar-refractivity contribution >= 4 is 33.4 Å². The van der Waals surface area contributed by atoms with Gasteiger partial charge in [0.1, 0.15) is 12.1 Å². The molecule has 16 heavy (non-hydrogen) atoms. The standard InChI is InChI=1S/C9H8BrFN4S/c1-15-4-13-14-9(15)16-8-3-6(11)5(10)2-7(8)12/h2-4H,12H2,1H3. The Balaban J connectivity index is 2.35. The predicted molar refractivity (Wildman–Crippen MR) is 63.6 cm³/mol. The summed E-state index contributed by atoms with van der Waals surface area (Å²) in [4.78, 5) is 0.622. The lowest BCUT2D eigenvalue weighted by Crippen LogP contribution is -1.94. The van der Waals surface area contributed by atoms with E-state index in [4.69, 9.17) is 5.73 Å². The normalized spacial score (nSPS) is 10.7. The topological polar surface area (TPSA) is 56.7 Å². The molecule has 0 spiro atoms. The van der Waals surface area contributed by atoms with Crippen molar-refractivity contribution < 1.29 is 4.39 Å². The van der Waals surface area contributed by atoms with Crippen LogP contribution in [0.1, 0.15) is 0 Å². The number of nitrogens with two attached hydrogens (primary N) is 1. The summed E-state index contributed by atoms with van der Waals surface area (Å²) in [6, 6.07) is 2.91. The maximum Gasteiger partial charge on any atom is 0.195 e. The van der Waals surface area contributed by atoms with Crippen LogP contribution in [0.3, 0.4) is 0 Å². The minimum absolute atomic E-state index is 0.348. The van der Waals surface area contributed by atoms with Crippen LogP contribution in [0, 0.1) is 5.82 Å². The molecular formula is C9H8BrFN4S. The fraction of sp³-hybridized carbons (Fsp3) is 0.111. The zero-order valence-electron chi connectivity index (χ0n) is 8.32. The molecule has 2 N–H and O–H groups in total. The highest BCUT2D eigenvalue weighted by Gasteiger charge is 2.10. The minimum Gasteiger partial charge on any atom is -0.398 e. The van der Waals surface area contributed by atoms with Crippen molar-refractivity contribution in [2.24, 2.45) is 7.05 Å². The average Bonchev–Trinajstić information content (AvgIpc) is 2.61. The lowest BCUT2D eigenvalue weighted by atomic mass is 10.3. The number of hydrogen-bond acceptors (Lipinski definition) is 4. The third-order valence-electron chi connectivity index (χ3n) is 1.92. The molecule has 84 valence electrons. The van der Waals surface area contributed by atoms with Gasteiger partial charge in [-0.05, 0) is 39.8 Å². The highest BCUT2D eigenvalue weighted by Crippen LogP contribution is 2.33. The highest BCUT2D eigenvalue weighted by molar-refractivity contribution is 9.10. The summed E-state index contributed by atoms with van der Waals surface area (Å²) < 4.78 is 15.4. The monoisotopic (exact) mass is 302 g/mol. The fourth-order valence-corrected chi connectivity index (χ4v) is 2.27. The van der Waals surface area contributed by atoms with Gasteiger partial charge < -0.3 is 10.3 Å². The highest BCUT2D eigenvalue weighted by atomic mass is 79.9. The van der Waals surface area contributed by atoms with Crippen LogP contribution in [0.15, 0.2) is 33.0 Å². The van der Waals surface area contributed by atoms with Gasteiger partial charge in [-0.25, -0.2) is 4.39 Å². The molecule has 0 aliphatic rings. The lowest BCUT2D eigenvalue weighted by molar-refractivity contribution is 0.618. The molecule has 1 heterocycles.